The number of amides is 2. The molecule has 0 spiro atoms. The van der Waals surface area contributed by atoms with Crippen LogP contribution in [0, 0.1) is 11.3 Å². The Labute approximate surface area is 213 Å². The van der Waals surface area contributed by atoms with E-state index < -0.39 is 11.6 Å². The Morgan fingerprint density at radius 1 is 1.28 bits per heavy atom. The van der Waals surface area contributed by atoms with Gasteiger partial charge in [0.15, 0.2) is 12.0 Å². The maximum Gasteiger partial charge on any atom is 0.256 e. The zero-order chi connectivity index (χ0) is 25.9. The first-order valence-corrected chi connectivity index (χ1v) is 12.4. The van der Waals surface area contributed by atoms with Gasteiger partial charge in [-0.05, 0) is 54.2 Å². The molecule has 0 radical (unpaired) electrons. The van der Waals surface area contributed by atoms with Gasteiger partial charge in [-0.15, -0.1) is 11.3 Å². The first kappa shape index (κ1) is 25.1. The minimum absolute atomic E-state index is 0.145. The lowest BCUT2D eigenvalue weighted by atomic mass is 9.88. The Morgan fingerprint density at radius 2 is 2.08 bits per heavy atom. The number of aromatic nitrogens is 2. The molecule has 2 aromatic heterocycles. The predicted octanol–water partition coefficient (Wildman–Crippen LogP) is 2.12. The first-order valence-electron chi connectivity index (χ1n) is 11.5. The Kier molecular flexibility index (Phi) is 7.19. The molecule has 3 aromatic rings. The number of carbonyl (C=O) groups excluding carboxylic acids is 2. The fourth-order valence-electron chi connectivity index (χ4n) is 4.16. The van der Waals surface area contributed by atoms with Gasteiger partial charge in [0.25, 0.3) is 5.91 Å². The normalized spacial score (nSPS) is 21.9. The number of benzene rings is 1. The molecule has 186 valence electrons. The summed E-state index contributed by atoms with van der Waals surface area (Å²) in [5.41, 5.74) is 7.67. The van der Waals surface area contributed by atoms with Crippen LogP contribution in [0.1, 0.15) is 30.3 Å². The van der Waals surface area contributed by atoms with Gasteiger partial charge < -0.3 is 11.1 Å². The largest absolute Gasteiger partial charge is 0.369 e. The Balaban J connectivity index is 0.000000325. The van der Waals surface area contributed by atoms with Crippen LogP contribution in [0.25, 0.3) is 11.1 Å². The number of guanidine groups is 1. The number of nitrogens with two attached hydrogens (primary N) is 1. The number of thiophene rings is 1. The Bertz CT molecular complexity index is 1330. The monoisotopic (exact) mass is 504 g/mol. The van der Waals surface area contributed by atoms with Gasteiger partial charge in [0, 0.05) is 24.3 Å². The van der Waals surface area contributed by atoms with Crippen LogP contribution in [0.3, 0.4) is 0 Å². The summed E-state index contributed by atoms with van der Waals surface area (Å²) in [4.78, 5) is 32.5. The van der Waals surface area contributed by atoms with Gasteiger partial charge in [-0.25, -0.2) is 4.99 Å². The van der Waals surface area contributed by atoms with Crippen molar-refractivity contribution in [2.45, 2.75) is 25.4 Å². The third-order valence-electron chi connectivity index (χ3n) is 6.31. The summed E-state index contributed by atoms with van der Waals surface area (Å²) < 4.78 is 1.63. The number of nitrogens with zero attached hydrogens (tertiary/aromatic N) is 6. The van der Waals surface area contributed by atoms with Crippen molar-refractivity contribution >= 4 is 29.1 Å². The van der Waals surface area contributed by atoms with Crippen molar-refractivity contribution in [2.75, 3.05) is 26.8 Å². The summed E-state index contributed by atoms with van der Waals surface area (Å²) in [5, 5.41) is 18.2. The molecule has 1 aromatic carbocycles. The number of carbonyl (C=O) groups is 2. The van der Waals surface area contributed by atoms with Crippen molar-refractivity contribution in [3.8, 4) is 17.2 Å². The van der Waals surface area contributed by atoms with E-state index in [1.807, 2.05) is 48.4 Å². The number of hydrogen-bond acceptors (Lipinski definition) is 8. The second-order valence-electron chi connectivity index (χ2n) is 8.70. The summed E-state index contributed by atoms with van der Waals surface area (Å²) in [5.74, 6) is 0.157. The van der Waals surface area contributed by atoms with E-state index in [9.17, 15) is 9.59 Å². The smallest absolute Gasteiger partial charge is 0.256 e. The van der Waals surface area contributed by atoms with Gasteiger partial charge in [-0.1, -0.05) is 19.1 Å². The minimum Gasteiger partial charge on any atom is -0.369 e. The van der Waals surface area contributed by atoms with Crippen LogP contribution in [0.15, 0.2) is 59.2 Å². The van der Waals surface area contributed by atoms with Gasteiger partial charge in [-0.2, -0.15) is 10.4 Å². The van der Waals surface area contributed by atoms with Gasteiger partial charge >= 0.3 is 0 Å². The van der Waals surface area contributed by atoms with Crippen molar-refractivity contribution in [1.29, 1.82) is 5.26 Å². The van der Waals surface area contributed by atoms with Gasteiger partial charge in [0.05, 0.1) is 24.8 Å². The highest BCUT2D eigenvalue weighted by molar-refractivity contribution is 7.10. The molecule has 0 saturated carbocycles. The molecule has 4 heterocycles. The maximum atomic E-state index is 13.1. The number of rotatable bonds is 4. The molecule has 2 aliphatic rings. The average molecular weight is 505 g/mol. The summed E-state index contributed by atoms with van der Waals surface area (Å²) in [6, 6.07) is 12.7. The molecule has 10 nitrogen and oxygen atoms in total. The van der Waals surface area contributed by atoms with Gasteiger partial charge in [0.1, 0.15) is 5.54 Å². The molecular formula is C25H28N8O2S. The summed E-state index contributed by atoms with van der Waals surface area (Å²) >= 11 is 1.51. The molecule has 2 atom stereocenters. The van der Waals surface area contributed by atoms with Crippen LogP contribution in [0.4, 0.5) is 0 Å². The lowest BCUT2D eigenvalue weighted by Crippen LogP contribution is -2.54. The van der Waals surface area contributed by atoms with Crippen molar-refractivity contribution in [3.63, 3.8) is 0 Å². The van der Waals surface area contributed by atoms with Crippen molar-refractivity contribution in [3.05, 3.63) is 64.6 Å². The second-order valence-corrected chi connectivity index (χ2v) is 9.61. The average Bonchev–Trinajstić information content (AvgIpc) is 3.65. The standard InChI is InChI=1S/C20H18N6OS.C5H10N2O/c1-20(16-10-15(12-28-16)14-6-3-5-13(9-14)11-21)17(26-8-4-7-23-26)18(27)25(2)19(22)24-20;1-2-7-3-5(8)6-4-7/h3-10,12,17H,1-2H3,(H2,22,24);2-4H2,1H3,(H,6,8)/t17?,20-;/m1./s1. The van der Waals surface area contributed by atoms with Crippen LogP contribution >= 0.6 is 11.3 Å². The van der Waals surface area contributed by atoms with E-state index in [0.717, 1.165) is 29.2 Å². The molecule has 1 saturated heterocycles. The molecule has 36 heavy (non-hydrogen) atoms. The Morgan fingerprint density at radius 3 is 2.69 bits per heavy atom. The van der Waals surface area contributed by atoms with E-state index in [2.05, 4.69) is 16.5 Å². The lowest BCUT2D eigenvalue weighted by Gasteiger charge is -2.39. The van der Waals surface area contributed by atoms with Gasteiger partial charge in [0.2, 0.25) is 5.91 Å². The zero-order valence-electron chi connectivity index (χ0n) is 20.4. The highest BCUT2D eigenvalue weighted by Crippen LogP contribution is 2.44. The van der Waals surface area contributed by atoms with E-state index in [1.165, 1.54) is 16.2 Å². The SMILES string of the molecule is CCN1CNC(=O)C1.CN1C(=O)C(n2cccn2)[C@@](C)(c2cc(-c3cccc(C#N)c3)cs2)N=C1N. The first-order chi connectivity index (χ1) is 17.3. The van der Waals surface area contributed by atoms with E-state index in [-0.39, 0.29) is 17.8 Å². The molecule has 1 unspecified atom stereocenters. The number of hydrogen-bond donors (Lipinski definition) is 2. The van der Waals surface area contributed by atoms with E-state index in [1.54, 1.807) is 36.3 Å². The molecule has 0 aliphatic carbocycles. The van der Waals surface area contributed by atoms with E-state index >= 15 is 0 Å². The molecule has 1 fully saturated rings. The van der Waals surface area contributed by atoms with Crippen molar-refractivity contribution < 1.29 is 9.59 Å². The summed E-state index contributed by atoms with van der Waals surface area (Å²) in [6.45, 7) is 6.21. The predicted molar refractivity (Wildman–Crippen MR) is 138 cm³/mol. The third-order valence-corrected chi connectivity index (χ3v) is 7.47. The van der Waals surface area contributed by atoms with Crippen molar-refractivity contribution in [2.24, 2.45) is 10.7 Å². The second kappa shape index (κ2) is 10.3. The topological polar surface area (TPSA) is 133 Å². The number of aliphatic imine (C=N–C) groups is 1. The van der Waals surface area contributed by atoms with Crippen LogP contribution in [0.2, 0.25) is 0 Å². The summed E-state index contributed by atoms with van der Waals surface area (Å²) in [7, 11) is 1.62. The van der Waals surface area contributed by atoms with Crippen LogP contribution in [-0.2, 0) is 15.1 Å². The highest BCUT2D eigenvalue weighted by Gasteiger charge is 2.48. The van der Waals surface area contributed by atoms with Crippen LogP contribution < -0.4 is 11.1 Å². The van der Waals surface area contributed by atoms with E-state index in [4.69, 9.17) is 16.0 Å². The molecule has 0 bridgehead atoms. The number of nitriles is 1. The molecule has 3 N–H and O–H groups in total. The van der Waals surface area contributed by atoms with Crippen LogP contribution in [-0.4, -0.2) is 64.2 Å². The third kappa shape index (κ3) is 4.86. The van der Waals surface area contributed by atoms with Crippen molar-refractivity contribution in [1.82, 2.24) is 24.9 Å². The summed E-state index contributed by atoms with van der Waals surface area (Å²) in [6.07, 6.45) is 3.40. The van der Waals surface area contributed by atoms with Gasteiger partial charge in [-0.3, -0.25) is 24.1 Å². The lowest BCUT2D eigenvalue weighted by molar-refractivity contribution is -0.133. The quantitative estimate of drug-likeness (QED) is 0.559. The Hall–Kier alpha value is -4.01. The molecule has 2 amide bonds. The molecule has 2 aliphatic heterocycles. The molecular weight excluding hydrogens is 476 g/mol. The fraction of sp³-hybridized carbons (Fsp3) is 0.320. The maximum absolute atomic E-state index is 13.1. The number of likely N-dealkylation sites (N-methyl/N-ethyl adjacent to an activating group) is 2. The zero-order valence-corrected chi connectivity index (χ0v) is 21.2. The molecule has 11 heteroatoms. The highest BCUT2D eigenvalue weighted by atomic mass is 32.1. The van der Waals surface area contributed by atoms with Crippen LogP contribution in [0.5, 0.6) is 0 Å². The molecule has 5 rings (SSSR count). The fourth-order valence-corrected chi connectivity index (χ4v) is 5.21. The van der Waals surface area contributed by atoms with E-state index in [0.29, 0.717) is 12.1 Å². The minimum atomic E-state index is -0.893. The number of nitrogens with one attached hydrogen (secondary N) is 1.